The molecule has 6 heteroatoms. The smallest absolute Gasteiger partial charge is 0.253 e. The molecule has 21 heavy (non-hydrogen) atoms. The Labute approximate surface area is 126 Å². The average Bonchev–Trinajstić information content (AvgIpc) is 2.45. The fraction of sp³-hybridized carbons (Fsp3) is 0.533. The number of rotatable bonds is 3. The lowest BCUT2D eigenvalue weighted by Crippen LogP contribution is -2.47. The van der Waals surface area contributed by atoms with Gasteiger partial charge in [-0.25, -0.2) is 12.7 Å². The van der Waals surface area contributed by atoms with Gasteiger partial charge in [-0.1, -0.05) is 17.7 Å². The van der Waals surface area contributed by atoms with Gasteiger partial charge in [0.05, 0.1) is 6.26 Å². The van der Waals surface area contributed by atoms with Crippen LogP contribution in [0.4, 0.5) is 0 Å². The number of hydrogen-bond acceptors (Lipinski definition) is 3. The van der Waals surface area contributed by atoms with Crippen molar-refractivity contribution in [2.45, 2.75) is 25.8 Å². The summed E-state index contributed by atoms with van der Waals surface area (Å²) in [6.07, 6.45) is 2.58. The molecule has 1 fully saturated rings. The van der Waals surface area contributed by atoms with E-state index in [9.17, 15) is 13.2 Å². The van der Waals surface area contributed by atoms with E-state index in [1.807, 2.05) is 31.2 Å². The van der Waals surface area contributed by atoms with Gasteiger partial charge in [-0.2, -0.15) is 0 Å². The van der Waals surface area contributed by atoms with E-state index in [1.165, 1.54) is 10.6 Å². The molecule has 1 amide bonds. The van der Waals surface area contributed by atoms with Gasteiger partial charge in [-0.05, 0) is 31.9 Å². The zero-order valence-electron chi connectivity index (χ0n) is 12.7. The molecule has 0 radical (unpaired) electrons. The summed E-state index contributed by atoms with van der Waals surface area (Å²) in [7, 11) is -1.56. The zero-order valence-corrected chi connectivity index (χ0v) is 13.6. The number of benzene rings is 1. The van der Waals surface area contributed by atoms with Crippen molar-refractivity contribution in [2.75, 3.05) is 26.4 Å². The molecule has 0 N–H and O–H groups in total. The Kier molecular flexibility index (Phi) is 4.68. The van der Waals surface area contributed by atoms with Crippen molar-refractivity contribution in [1.82, 2.24) is 9.21 Å². The molecule has 116 valence electrons. The van der Waals surface area contributed by atoms with Gasteiger partial charge >= 0.3 is 0 Å². The molecule has 1 aliphatic rings. The first-order chi connectivity index (χ1) is 9.79. The van der Waals surface area contributed by atoms with Crippen LogP contribution in [0.1, 0.15) is 28.8 Å². The zero-order chi connectivity index (χ0) is 15.6. The van der Waals surface area contributed by atoms with Crippen LogP contribution in [-0.4, -0.2) is 56.0 Å². The normalized spacial score (nSPS) is 17.2. The predicted octanol–water partition coefficient (Wildman–Crippen LogP) is 1.49. The van der Waals surface area contributed by atoms with Crippen molar-refractivity contribution in [3.05, 3.63) is 35.4 Å². The van der Waals surface area contributed by atoms with Gasteiger partial charge in [-0.3, -0.25) is 4.79 Å². The van der Waals surface area contributed by atoms with Gasteiger partial charge in [-0.15, -0.1) is 0 Å². The highest BCUT2D eigenvalue weighted by molar-refractivity contribution is 7.88. The van der Waals surface area contributed by atoms with Crippen LogP contribution < -0.4 is 0 Å². The number of likely N-dealkylation sites (tertiary alicyclic amines) is 1. The third kappa shape index (κ3) is 3.83. The second-order valence-corrected chi connectivity index (χ2v) is 7.71. The Morgan fingerprint density at radius 3 is 2.43 bits per heavy atom. The number of carbonyl (C=O) groups excluding carboxylic acids is 1. The molecule has 0 bridgehead atoms. The van der Waals surface area contributed by atoms with Crippen molar-refractivity contribution in [3.63, 3.8) is 0 Å². The molecule has 1 aliphatic heterocycles. The lowest BCUT2D eigenvalue weighted by atomic mass is 10.0. The summed E-state index contributed by atoms with van der Waals surface area (Å²) >= 11 is 0. The van der Waals surface area contributed by atoms with E-state index in [1.54, 1.807) is 11.9 Å². The summed E-state index contributed by atoms with van der Waals surface area (Å²) in [5, 5.41) is 0. The number of piperidine rings is 1. The standard InChI is InChI=1S/C15H22N2O3S/c1-12-5-4-6-13(11-12)15(18)17-9-7-14(8-10-17)16(2)21(3,19)20/h4-6,11,14H,7-10H2,1-3H3. The number of aryl methyl sites for hydroxylation is 1. The number of amides is 1. The Balaban J connectivity index is 2.00. The van der Waals surface area contributed by atoms with Gasteiger partial charge in [0.2, 0.25) is 10.0 Å². The van der Waals surface area contributed by atoms with E-state index >= 15 is 0 Å². The van der Waals surface area contributed by atoms with E-state index in [-0.39, 0.29) is 11.9 Å². The van der Waals surface area contributed by atoms with Crippen molar-refractivity contribution in [2.24, 2.45) is 0 Å². The molecule has 2 rings (SSSR count). The van der Waals surface area contributed by atoms with Crippen LogP contribution in [0.15, 0.2) is 24.3 Å². The van der Waals surface area contributed by atoms with Crippen LogP contribution in [0.3, 0.4) is 0 Å². The molecular formula is C15H22N2O3S. The van der Waals surface area contributed by atoms with Crippen molar-refractivity contribution < 1.29 is 13.2 Å². The number of carbonyl (C=O) groups is 1. The largest absolute Gasteiger partial charge is 0.339 e. The fourth-order valence-electron chi connectivity index (χ4n) is 2.66. The monoisotopic (exact) mass is 310 g/mol. The first-order valence-electron chi connectivity index (χ1n) is 7.08. The van der Waals surface area contributed by atoms with Gasteiger partial charge in [0.25, 0.3) is 5.91 Å². The van der Waals surface area contributed by atoms with Gasteiger partial charge in [0, 0.05) is 31.7 Å². The van der Waals surface area contributed by atoms with Crippen molar-refractivity contribution in [1.29, 1.82) is 0 Å². The van der Waals surface area contributed by atoms with Crippen LogP contribution in [0.2, 0.25) is 0 Å². The predicted molar refractivity (Wildman–Crippen MR) is 82.7 cm³/mol. The summed E-state index contributed by atoms with van der Waals surface area (Å²) in [6, 6.07) is 7.54. The molecule has 0 atom stereocenters. The summed E-state index contributed by atoms with van der Waals surface area (Å²) in [6.45, 7) is 3.15. The number of nitrogens with zero attached hydrogens (tertiary/aromatic N) is 2. The minimum absolute atomic E-state index is 0.0124. The number of sulfonamides is 1. The lowest BCUT2D eigenvalue weighted by Gasteiger charge is -2.35. The number of hydrogen-bond donors (Lipinski definition) is 0. The third-order valence-electron chi connectivity index (χ3n) is 4.05. The summed E-state index contributed by atoms with van der Waals surface area (Å²) in [5.74, 6) is 0.0270. The van der Waals surface area contributed by atoms with E-state index in [0.717, 1.165) is 5.56 Å². The van der Waals surface area contributed by atoms with Crippen LogP contribution in [-0.2, 0) is 10.0 Å². The molecule has 1 aromatic carbocycles. The van der Waals surface area contributed by atoms with Crippen LogP contribution in [0.25, 0.3) is 0 Å². The molecule has 0 spiro atoms. The summed E-state index contributed by atoms with van der Waals surface area (Å²) in [5.41, 5.74) is 1.76. The quantitative estimate of drug-likeness (QED) is 0.850. The molecule has 0 aromatic heterocycles. The maximum atomic E-state index is 12.4. The maximum Gasteiger partial charge on any atom is 0.253 e. The molecule has 0 unspecified atom stereocenters. The van der Waals surface area contributed by atoms with E-state index in [2.05, 4.69) is 0 Å². The molecule has 5 nitrogen and oxygen atoms in total. The minimum Gasteiger partial charge on any atom is -0.339 e. The van der Waals surface area contributed by atoms with Gasteiger partial charge < -0.3 is 4.90 Å². The van der Waals surface area contributed by atoms with Gasteiger partial charge in [0.1, 0.15) is 0 Å². The highest BCUT2D eigenvalue weighted by atomic mass is 32.2. The van der Waals surface area contributed by atoms with E-state index < -0.39 is 10.0 Å². The first-order valence-corrected chi connectivity index (χ1v) is 8.93. The second kappa shape index (κ2) is 6.15. The maximum absolute atomic E-state index is 12.4. The highest BCUT2D eigenvalue weighted by Crippen LogP contribution is 2.19. The first kappa shape index (κ1) is 16.0. The third-order valence-corrected chi connectivity index (χ3v) is 5.40. The minimum atomic E-state index is -3.17. The fourth-order valence-corrected chi connectivity index (χ4v) is 3.42. The average molecular weight is 310 g/mol. The molecular weight excluding hydrogens is 288 g/mol. The Bertz CT molecular complexity index is 620. The Morgan fingerprint density at radius 1 is 1.29 bits per heavy atom. The van der Waals surface area contributed by atoms with Crippen LogP contribution in [0, 0.1) is 6.92 Å². The summed E-state index contributed by atoms with van der Waals surface area (Å²) < 4.78 is 24.5. The highest BCUT2D eigenvalue weighted by Gasteiger charge is 2.29. The van der Waals surface area contributed by atoms with Crippen LogP contribution in [0.5, 0.6) is 0 Å². The lowest BCUT2D eigenvalue weighted by molar-refractivity contribution is 0.0686. The second-order valence-electron chi connectivity index (χ2n) is 5.67. The Hall–Kier alpha value is -1.40. The molecule has 1 saturated heterocycles. The topological polar surface area (TPSA) is 57.7 Å². The SMILES string of the molecule is Cc1cccc(C(=O)N2CCC(N(C)S(C)(=O)=O)CC2)c1. The van der Waals surface area contributed by atoms with E-state index in [0.29, 0.717) is 31.5 Å². The molecule has 1 aromatic rings. The summed E-state index contributed by atoms with van der Waals surface area (Å²) in [4.78, 5) is 14.2. The van der Waals surface area contributed by atoms with Gasteiger partial charge in [0.15, 0.2) is 0 Å². The Morgan fingerprint density at radius 2 is 1.90 bits per heavy atom. The van der Waals surface area contributed by atoms with Crippen molar-refractivity contribution in [3.8, 4) is 0 Å². The van der Waals surface area contributed by atoms with Crippen LogP contribution >= 0.6 is 0 Å². The molecule has 0 saturated carbocycles. The van der Waals surface area contributed by atoms with E-state index in [4.69, 9.17) is 0 Å². The molecule has 0 aliphatic carbocycles. The van der Waals surface area contributed by atoms with Crippen molar-refractivity contribution >= 4 is 15.9 Å². The molecule has 1 heterocycles.